The molecule has 0 spiro atoms. The molecule has 1 aromatic rings. The molecule has 1 unspecified atom stereocenters. The van der Waals surface area contributed by atoms with E-state index in [1.54, 1.807) is 0 Å². The standard InChI is InChI=1S/C11H13BrFNO2/c1-16-8-4-7(12)10(13)9(11(8)15)6-2-3-14-5-6/h4,6,14-15H,2-3,5H2,1H3. The molecule has 2 N–H and O–H groups in total. The van der Waals surface area contributed by atoms with Crippen molar-refractivity contribution in [2.24, 2.45) is 0 Å². The van der Waals surface area contributed by atoms with E-state index < -0.39 is 5.82 Å². The molecule has 0 saturated carbocycles. The van der Waals surface area contributed by atoms with Gasteiger partial charge in [0.05, 0.1) is 11.6 Å². The highest BCUT2D eigenvalue weighted by atomic mass is 79.9. The minimum Gasteiger partial charge on any atom is -0.504 e. The Labute approximate surface area is 102 Å². The highest BCUT2D eigenvalue weighted by Gasteiger charge is 2.27. The van der Waals surface area contributed by atoms with Crippen LogP contribution >= 0.6 is 15.9 Å². The predicted octanol–water partition coefficient (Wildman–Crippen LogP) is 2.38. The van der Waals surface area contributed by atoms with Gasteiger partial charge in [-0.25, -0.2) is 4.39 Å². The number of phenols is 1. The molecule has 0 amide bonds. The maximum atomic E-state index is 13.9. The Morgan fingerprint density at radius 3 is 2.94 bits per heavy atom. The Morgan fingerprint density at radius 2 is 2.38 bits per heavy atom. The molecular weight excluding hydrogens is 277 g/mol. The minimum absolute atomic E-state index is 0.00593. The minimum atomic E-state index is -0.396. The predicted molar refractivity (Wildman–Crippen MR) is 62.5 cm³/mol. The van der Waals surface area contributed by atoms with E-state index in [1.807, 2.05) is 0 Å². The average molecular weight is 290 g/mol. The van der Waals surface area contributed by atoms with Crippen LogP contribution in [0.5, 0.6) is 11.5 Å². The van der Waals surface area contributed by atoms with E-state index in [9.17, 15) is 9.50 Å². The summed E-state index contributed by atoms with van der Waals surface area (Å²) in [6, 6.07) is 1.44. The quantitative estimate of drug-likeness (QED) is 0.878. The van der Waals surface area contributed by atoms with Gasteiger partial charge in [0.2, 0.25) is 0 Å². The first-order valence-corrected chi connectivity index (χ1v) is 5.90. The van der Waals surface area contributed by atoms with Gasteiger partial charge in [-0.1, -0.05) is 0 Å². The number of methoxy groups -OCH3 is 1. The van der Waals surface area contributed by atoms with E-state index in [0.29, 0.717) is 22.3 Å². The molecule has 1 fully saturated rings. The topological polar surface area (TPSA) is 41.5 Å². The van der Waals surface area contributed by atoms with Gasteiger partial charge in [0, 0.05) is 24.1 Å². The van der Waals surface area contributed by atoms with Gasteiger partial charge in [0.1, 0.15) is 5.82 Å². The number of hydrogen-bond acceptors (Lipinski definition) is 3. The average Bonchev–Trinajstić information content (AvgIpc) is 2.77. The van der Waals surface area contributed by atoms with Gasteiger partial charge in [-0.15, -0.1) is 0 Å². The SMILES string of the molecule is COc1cc(Br)c(F)c(C2CCNC2)c1O. The van der Waals surface area contributed by atoms with Crippen molar-refractivity contribution in [1.29, 1.82) is 0 Å². The van der Waals surface area contributed by atoms with Crippen LogP contribution < -0.4 is 10.1 Å². The Hall–Kier alpha value is -0.810. The third-order valence-electron chi connectivity index (χ3n) is 2.88. The molecule has 1 aromatic carbocycles. The fourth-order valence-electron chi connectivity index (χ4n) is 2.04. The van der Waals surface area contributed by atoms with Gasteiger partial charge in [-0.2, -0.15) is 0 Å². The first-order valence-electron chi connectivity index (χ1n) is 5.10. The molecule has 0 aliphatic carbocycles. The third-order valence-corrected chi connectivity index (χ3v) is 3.46. The molecule has 88 valence electrons. The molecule has 1 heterocycles. The second kappa shape index (κ2) is 4.59. The van der Waals surface area contributed by atoms with Crippen molar-refractivity contribution >= 4 is 15.9 Å². The van der Waals surface area contributed by atoms with Crippen LogP contribution in [-0.4, -0.2) is 25.3 Å². The summed E-state index contributed by atoms with van der Waals surface area (Å²) >= 11 is 3.13. The zero-order valence-electron chi connectivity index (χ0n) is 8.89. The van der Waals surface area contributed by atoms with E-state index in [-0.39, 0.29) is 11.7 Å². The number of phenolic OH excluding ortho intramolecular Hbond substituents is 1. The van der Waals surface area contributed by atoms with Crippen LogP contribution in [0.4, 0.5) is 4.39 Å². The van der Waals surface area contributed by atoms with Gasteiger partial charge in [0.15, 0.2) is 11.5 Å². The summed E-state index contributed by atoms with van der Waals surface area (Å²) in [6.07, 6.45) is 0.823. The van der Waals surface area contributed by atoms with E-state index in [2.05, 4.69) is 21.2 Å². The summed E-state index contributed by atoms with van der Waals surface area (Å²) in [7, 11) is 1.45. The monoisotopic (exact) mass is 289 g/mol. The van der Waals surface area contributed by atoms with Crippen LogP contribution in [0.2, 0.25) is 0 Å². The highest BCUT2D eigenvalue weighted by molar-refractivity contribution is 9.10. The largest absolute Gasteiger partial charge is 0.504 e. The Bertz CT molecular complexity index is 405. The highest BCUT2D eigenvalue weighted by Crippen LogP contribution is 2.41. The fourth-order valence-corrected chi connectivity index (χ4v) is 2.46. The van der Waals surface area contributed by atoms with E-state index >= 15 is 0 Å². The van der Waals surface area contributed by atoms with Gasteiger partial charge in [-0.3, -0.25) is 0 Å². The van der Waals surface area contributed by atoms with Crippen molar-refractivity contribution in [3.8, 4) is 11.5 Å². The number of rotatable bonds is 2. The van der Waals surface area contributed by atoms with Crippen LogP contribution in [0.1, 0.15) is 17.9 Å². The summed E-state index contributed by atoms with van der Waals surface area (Å²) in [5, 5.41) is 13.1. The van der Waals surface area contributed by atoms with E-state index in [4.69, 9.17) is 4.74 Å². The second-order valence-corrected chi connectivity index (χ2v) is 4.68. The summed E-state index contributed by atoms with van der Waals surface area (Å²) < 4.78 is 19.3. The van der Waals surface area contributed by atoms with Crippen LogP contribution in [-0.2, 0) is 0 Å². The molecule has 16 heavy (non-hydrogen) atoms. The molecule has 1 atom stereocenters. The number of nitrogens with one attached hydrogen (secondary N) is 1. The molecule has 0 aromatic heterocycles. The van der Waals surface area contributed by atoms with Crippen molar-refractivity contribution < 1.29 is 14.2 Å². The smallest absolute Gasteiger partial charge is 0.164 e. The Morgan fingerprint density at radius 1 is 1.62 bits per heavy atom. The second-order valence-electron chi connectivity index (χ2n) is 3.83. The molecule has 3 nitrogen and oxygen atoms in total. The Balaban J connectivity index is 2.52. The van der Waals surface area contributed by atoms with Crippen molar-refractivity contribution in [1.82, 2.24) is 5.32 Å². The molecule has 0 bridgehead atoms. The number of aromatic hydroxyl groups is 1. The zero-order chi connectivity index (χ0) is 11.7. The third kappa shape index (κ3) is 1.89. The lowest BCUT2D eigenvalue weighted by Crippen LogP contribution is -2.09. The molecular formula is C11H13BrFNO2. The molecule has 0 radical (unpaired) electrons. The van der Waals surface area contributed by atoms with Crippen molar-refractivity contribution in [2.45, 2.75) is 12.3 Å². The first-order chi connectivity index (χ1) is 7.65. The summed E-state index contributed by atoms with van der Waals surface area (Å²) in [5.41, 5.74) is 0.344. The van der Waals surface area contributed by atoms with E-state index in [0.717, 1.165) is 13.0 Å². The van der Waals surface area contributed by atoms with Crippen LogP contribution in [0.25, 0.3) is 0 Å². The van der Waals surface area contributed by atoms with Crippen molar-refractivity contribution in [3.63, 3.8) is 0 Å². The molecule has 1 saturated heterocycles. The number of halogens is 2. The van der Waals surface area contributed by atoms with Crippen molar-refractivity contribution in [3.05, 3.63) is 21.9 Å². The van der Waals surface area contributed by atoms with Crippen LogP contribution in [0.15, 0.2) is 10.5 Å². The molecule has 2 rings (SSSR count). The van der Waals surface area contributed by atoms with Crippen LogP contribution in [0.3, 0.4) is 0 Å². The molecule has 1 aliphatic heterocycles. The Kier molecular flexibility index (Phi) is 3.35. The van der Waals surface area contributed by atoms with Crippen molar-refractivity contribution in [2.75, 3.05) is 20.2 Å². The summed E-state index contributed by atoms with van der Waals surface area (Å²) in [6.45, 7) is 1.53. The zero-order valence-corrected chi connectivity index (χ0v) is 10.5. The van der Waals surface area contributed by atoms with Gasteiger partial charge >= 0.3 is 0 Å². The maximum Gasteiger partial charge on any atom is 0.164 e. The maximum absolute atomic E-state index is 13.9. The number of ether oxygens (including phenoxy) is 1. The van der Waals surface area contributed by atoms with Crippen LogP contribution in [0, 0.1) is 5.82 Å². The van der Waals surface area contributed by atoms with Gasteiger partial charge in [0.25, 0.3) is 0 Å². The first kappa shape index (κ1) is 11.7. The summed E-state index contributed by atoms with van der Waals surface area (Å²) in [4.78, 5) is 0. The number of benzene rings is 1. The lowest BCUT2D eigenvalue weighted by molar-refractivity contribution is 0.364. The fraction of sp³-hybridized carbons (Fsp3) is 0.455. The lowest BCUT2D eigenvalue weighted by atomic mass is 9.96. The number of hydrogen-bond donors (Lipinski definition) is 2. The normalized spacial score (nSPS) is 20.1. The molecule has 5 heteroatoms. The summed E-state index contributed by atoms with van der Waals surface area (Å²) in [5.74, 6) is -0.175. The van der Waals surface area contributed by atoms with E-state index in [1.165, 1.54) is 13.2 Å². The molecule has 1 aliphatic rings. The lowest BCUT2D eigenvalue weighted by Gasteiger charge is -2.15. The van der Waals surface area contributed by atoms with Gasteiger partial charge < -0.3 is 15.2 Å². The van der Waals surface area contributed by atoms with Gasteiger partial charge in [-0.05, 0) is 28.9 Å².